The van der Waals surface area contributed by atoms with Gasteiger partial charge in [-0.15, -0.1) is 0 Å². The van der Waals surface area contributed by atoms with Gasteiger partial charge in [0.25, 0.3) is 5.91 Å². The Kier molecular flexibility index (Phi) is 6.24. The zero-order valence-corrected chi connectivity index (χ0v) is 15.5. The van der Waals surface area contributed by atoms with Crippen molar-refractivity contribution in [3.63, 3.8) is 0 Å². The van der Waals surface area contributed by atoms with Crippen LogP contribution in [0.15, 0.2) is 30.3 Å². The summed E-state index contributed by atoms with van der Waals surface area (Å²) >= 11 is 0. The van der Waals surface area contributed by atoms with Crippen LogP contribution in [-0.2, 0) is 4.79 Å². The van der Waals surface area contributed by atoms with E-state index in [1.165, 1.54) is 0 Å². The Hall–Kier alpha value is -2.67. The van der Waals surface area contributed by atoms with Gasteiger partial charge in [0.1, 0.15) is 0 Å². The van der Waals surface area contributed by atoms with E-state index < -0.39 is 0 Å². The highest BCUT2D eigenvalue weighted by atomic mass is 16.5. The molecule has 4 N–H and O–H groups in total. The monoisotopic (exact) mass is 370 g/mol. The molecular weight excluding hydrogens is 344 g/mol. The van der Waals surface area contributed by atoms with Gasteiger partial charge in [0.2, 0.25) is 11.8 Å². The molecule has 1 aromatic carbocycles. The fourth-order valence-corrected chi connectivity index (χ4v) is 3.52. The van der Waals surface area contributed by atoms with E-state index in [4.69, 9.17) is 10.5 Å². The predicted molar refractivity (Wildman–Crippen MR) is 104 cm³/mol. The molecule has 0 spiro atoms. The van der Waals surface area contributed by atoms with Crippen LogP contribution in [0, 0.1) is 0 Å². The lowest BCUT2D eigenvalue weighted by atomic mass is 9.90. The largest absolute Gasteiger partial charge is 0.481 e. The third kappa shape index (κ3) is 4.74. The Balaban J connectivity index is 1.63. The normalized spacial score (nSPS) is 19.5. The Morgan fingerprint density at radius 2 is 1.81 bits per heavy atom. The average molecular weight is 370 g/mol. The third-order valence-corrected chi connectivity index (χ3v) is 4.95. The first-order valence-electron chi connectivity index (χ1n) is 9.34. The maximum absolute atomic E-state index is 12.9. The van der Waals surface area contributed by atoms with Crippen LogP contribution < -0.4 is 21.1 Å². The molecular formula is C20H26N4O3. The lowest BCUT2D eigenvalue weighted by Gasteiger charge is -2.29. The summed E-state index contributed by atoms with van der Waals surface area (Å²) in [5, 5.41) is 6.94. The maximum atomic E-state index is 12.9. The number of nitrogens with two attached hydrogens (primary N) is 1. The fourth-order valence-electron chi connectivity index (χ4n) is 3.52. The standard InChI is InChI=1S/C20H26N4O3/c1-27-19-12-16(15-4-2-3-5-17(15)24-19)20(26)23-14-8-6-13(7-9-14)22-18(25)10-11-21/h2-5,12-14H,6-11,21H2,1H3,(H,22,25)(H,23,26)/t13-,14-. The summed E-state index contributed by atoms with van der Waals surface area (Å²) in [6.07, 6.45) is 3.72. The van der Waals surface area contributed by atoms with E-state index in [1.807, 2.05) is 24.3 Å². The minimum absolute atomic E-state index is 0.000311. The number of carbonyl (C=O) groups excluding carboxylic acids is 2. The van der Waals surface area contributed by atoms with Gasteiger partial charge >= 0.3 is 0 Å². The van der Waals surface area contributed by atoms with Crippen molar-refractivity contribution < 1.29 is 14.3 Å². The lowest BCUT2D eigenvalue weighted by Crippen LogP contribution is -2.44. The summed E-state index contributed by atoms with van der Waals surface area (Å²) in [7, 11) is 1.54. The quantitative estimate of drug-likeness (QED) is 0.718. The molecule has 1 fully saturated rings. The fraction of sp³-hybridized carbons (Fsp3) is 0.450. The zero-order valence-electron chi connectivity index (χ0n) is 15.5. The number of nitrogens with one attached hydrogen (secondary N) is 2. The number of benzene rings is 1. The molecule has 1 aliphatic rings. The summed E-state index contributed by atoms with van der Waals surface area (Å²) in [5.41, 5.74) is 6.70. The van der Waals surface area contributed by atoms with E-state index in [0.717, 1.165) is 36.6 Å². The molecule has 0 saturated heterocycles. The number of aromatic nitrogens is 1. The smallest absolute Gasteiger partial charge is 0.252 e. The number of hydrogen-bond acceptors (Lipinski definition) is 5. The number of carbonyl (C=O) groups is 2. The zero-order chi connectivity index (χ0) is 19.2. The van der Waals surface area contributed by atoms with Crippen LogP contribution in [-0.4, -0.2) is 42.5 Å². The topological polar surface area (TPSA) is 106 Å². The number of amides is 2. The van der Waals surface area contributed by atoms with Crippen molar-refractivity contribution in [2.45, 2.75) is 44.2 Å². The molecule has 1 aromatic heterocycles. The van der Waals surface area contributed by atoms with Crippen molar-refractivity contribution in [3.8, 4) is 5.88 Å². The second-order valence-electron chi connectivity index (χ2n) is 6.86. The molecule has 0 unspecified atom stereocenters. The second-order valence-corrected chi connectivity index (χ2v) is 6.86. The van der Waals surface area contributed by atoms with Crippen molar-refractivity contribution in [2.75, 3.05) is 13.7 Å². The number of para-hydroxylation sites is 1. The van der Waals surface area contributed by atoms with Gasteiger partial charge in [-0.2, -0.15) is 0 Å². The SMILES string of the molecule is COc1cc(C(=O)N[C@H]2CC[C@H](NC(=O)CCN)CC2)c2ccccc2n1. The van der Waals surface area contributed by atoms with E-state index in [9.17, 15) is 9.59 Å². The van der Waals surface area contributed by atoms with Gasteiger partial charge in [0.05, 0.1) is 18.2 Å². The molecule has 27 heavy (non-hydrogen) atoms. The number of nitrogens with zero attached hydrogens (tertiary/aromatic N) is 1. The highest BCUT2D eigenvalue weighted by Gasteiger charge is 2.24. The van der Waals surface area contributed by atoms with Gasteiger partial charge in [-0.25, -0.2) is 4.98 Å². The highest BCUT2D eigenvalue weighted by Crippen LogP contribution is 2.23. The van der Waals surface area contributed by atoms with Crippen LogP contribution in [0.2, 0.25) is 0 Å². The number of pyridine rings is 1. The summed E-state index contributed by atoms with van der Waals surface area (Å²) in [4.78, 5) is 28.9. The minimum Gasteiger partial charge on any atom is -0.481 e. The number of methoxy groups -OCH3 is 1. The minimum atomic E-state index is -0.123. The Bertz CT molecular complexity index is 816. The highest BCUT2D eigenvalue weighted by molar-refractivity contribution is 6.06. The second kappa shape index (κ2) is 8.81. The van der Waals surface area contributed by atoms with Crippen LogP contribution in [0.25, 0.3) is 10.9 Å². The van der Waals surface area contributed by atoms with E-state index in [2.05, 4.69) is 15.6 Å². The Morgan fingerprint density at radius 3 is 2.48 bits per heavy atom. The first-order valence-corrected chi connectivity index (χ1v) is 9.34. The molecule has 1 saturated carbocycles. The van der Waals surface area contributed by atoms with Crippen LogP contribution in [0.1, 0.15) is 42.5 Å². The third-order valence-electron chi connectivity index (χ3n) is 4.95. The molecule has 2 aromatic rings. The lowest BCUT2D eigenvalue weighted by molar-refractivity contribution is -0.121. The molecule has 3 rings (SSSR count). The van der Waals surface area contributed by atoms with Crippen molar-refractivity contribution in [1.29, 1.82) is 0 Å². The van der Waals surface area contributed by atoms with Crippen molar-refractivity contribution in [2.24, 2.45) is 5.73 Å². The molecule has 0 bridgehead atoms. The van der Waals surface area contributed by atoms with Crippen molar-refractivity contribution in [1.82, 2.24) is 15.6 Å². The van der Waals surface area contributed by atoms with E-state index in [0.29, 0.717) is 24.4 Å². The maximum Gasteiger partial charge on any atom is 0.252 e. The molecule has 0 atom stereocenters. The van der Waals surface area contributed by atoms with Crippen LogP contribution in [0.5, 0.6) is 5.88 Å². The number of hydrogen-bond donors (Lipinski definition) is 3. The Morgan fingerprint density at radius 1 is 1.15 bits per heavy atom. The molecule has 0 aliphatic heterocycles. The van der Waals surface area contributed by atoms with Crippen molar-refractivity contribution >= 4 is 22.7 Å². The molecule has 1 heterocycles. The van der Waals surface area contributed by atoms with Gasteiger partial charge in [0.15, 0.2) is 0 Å². The van der Waals surface area contributed by atoms with Crippen molar-refractivity contribution in [3.05, 3.63) is 35.9 Å². The first kappa shape index (κ1) is 19.1. The molecule has 0 radical (unpaired) electrons. The number of rotatable bonds is 6. The molecule has 1 aliphatic carbocycles. The van der Waals surface area contributed by atoms with Gasteiger partial charge in [0, 0.05) is 36.5 Å². The number of ether oxygens (including phenoxy) is 1. The van der Waals surface area contributed by atoms with E-state index in [1.54, 1.807) is 13.2 Å². The van der Waals surface area contributed by atoms with Crippen LogP contribution in [0.4, 0.5) is 0 Å². The summed E-state index contributed by atoms with van der Waals surface area (Å²) in [6.45, 7) is 0.362. The van der Waals surface area contributed by atoms with Crippen LogP contribution in [0.3, 0.4) is 0 Å². The molecule has 7 nitrogen and oxygen atoms in total. The summed E-state index contributed by atoms with van der Waals surface area (Å²) < 4.78 is 5.23. The summed E-state index contributed by atoms with van der Waals surface area (Å²) in [6, 6.07) is 9.47. The van der Waals surface area contributed by atoms with E-state index in [-0.39, 0.29) is 23.9 Å². The Labute approximate surface area is 158 Å². The van der Waals surface area contributed by atoms with Crippen LogP contribution >= 0.6 is 0 Å². The summed E-state index contributed by atoms with van der Waals surface area (Å²) in [5.74, 6) is 0.299. The molecule has 7 heteroatoms. The number of fused-ring (bicyclic) bond motifs is 1. The first-order chi connectivity index (χ1) is 13.1. The predicted octanol–water partition coefficient (Wildman–Crippen LogP) is 1.75. The van der Waals surface area contributed by atoms with Gasteiger partial charge in [-0.1, -0.05) is 18.2 Å². The molecule has 144 valence electrons. The van der Waals surface area contributed by atoms with Gasteiger partial charge in [-0.05, 0) is 31.7 Å². The molecule has 2 amide bonds. The van der Waals surface area contributed by atoms with Gasteiger partial charge < -0.3 is 21.1 Å². The van der Waals surface area contributed by atoms with Gasteiger partial charge in [-0.3, -0.25) is 9.59 Å². The average Bonchev–Trinajstić information content (AvgIpc) is 2.68. The van der Waals surface area contributed by atoms with E-state index >= 15 is 0 Å².